The van der Waals surface area contributed by atoms with Crippen LogP contribution in [0.4, 0.5) is 5.69 Å². The van der Waals surface area contributed by atoms with E-state index in [2.05, 4.69) is 24.8 Å². The summed E-state index contributed by atoms with van der Waals surface area (Å²) in [5, 5.41) is 0. The Morgan fingerprint density at radius 2 is 1.83 bits per heavy atom. The molecule has 2 nitrogen and oxygen atoms in total. The van der Waals surface area contributed by atoms with E-state index in [-0.39, 0.29) is 5.78 Å². The maximum absolute atomic E-state index is 12.0. The number of para-hydroxylation sites is 1. The molecule has 1 fully saturated rings. The maximum atomic E-state index is 12.0. The van der Waals surface area contributed by atoms with E-state index in [0.29, 0.717) is 18.3 Å². The minimum Gasteiger partial charge on any atom is -0.370 e. The van der Waals surface area contributed by atoms with Gasteiger partial charge in [-0.1, -0.05) is 32.9 Å². The number of rotatable bonds is 3. The summed E-state index contributed by atoms with van der Waals surface area (Å²) in [4.78, 5) is 14.4. The molecule has 1 aromatic rings. The second-order valence-corrected chi connectivity index (χ2v) is 5.64. The van der Waals surface area contributed by atoms with Gasteiger partial charge in [-0.05, 0) is 30.4 Å². The van der Waals surface area contributed by atoms with Crippen LogP contribution in [0.3, 0.4) is 0 Å². The van der Waals surface area contributed by atoms with Crippen LogP contribution in [0.15, 0.2) is 24.3 Å². The summed E-state index contributed by atoms with van der Waals surface area (Å²) in [6.45, 7) is 8.66. The van der Waals surface area contributed by atoms with Gasteiger partial charge in [-0.15, -0.1) is 0 Å². The molecule has 2 rings (SSSR count). The summed E-state index contributed by atoms with van der Waals surface area (Å²) in [7, 11) is 0. The highest BCUT2D eigenvalue weighted by molar-refractivity contribution is 6.01. The Hall–Kier alpha value is -1.31. The topological polar surface area (TPSA) is 20.3 Å². The summed E-state index contributed by atoms with van der Waals surface area (Å²) >= 11 is 0. The molecule has 1 aliphatic rings. The summed E-state index contributed by atoms with van der Waals surface area (Å²) in [5.41, 5.74) is 2.02. The third kappa shape index (κ3) is 2.74. The third-order valence-electron chi connectivity index (χ3n) is 3.74. The van der Waals surface area contributed by atoms with Crippen LogP contribution in [0.5, 0.6) is 0 Å². The molecule has 0 N–H and O–H groups in total. The van der Waals surface area contributed by atoms with Crippen LogP contribution in [0.25, 0.3) is 0 Å². The molecule has 2 heteroatoms. The lowest BCUT2D eigenvalue weighted by Gasteiger charge is -2.37. The second-order valence-electron chi connectivity index (χ2n) is 5.64. The van der Waals surface area contributed by atoms with Crippen molar-refractivity contribution in [1.82, 2.24) is 0 Å². The first-order valence-corrected chi connectivity index (χ1v) is 6.99. The Kier molecular flexibility index (Phi) is 4.05. The summed E-state index contributed by atoms with van der Waals surface area (Å²) in [6.07, 6.45) is 1.87. The fraction of sp³-hybridized carbons (Fsp3) is 0.562. The van der Waals surface area contributed by atoms with Crippen molar-refractivity contribution in [1.29, 1.82) is 0 Å². The highest BCUT2D eigenvalue weighted by Crippen LogP contribution is 2.29. The van der Waals surface area contributed by atoms with Crippen LogP contribution < -0.4 is 4.90 Å². The molecule has 0 saturated carbocycles. The van der Waals surface area contributed by atoms with Gasteiger partial charge in [0.1, 0.15) is 0 Å². The first-order valence-electron chi connectivity index (χ1n) is 6.99. The fourth-order valence-corrected chi connectivity index (χ4v) is 3.04. The van der Waals surface area contributed by atoms with Gasteiger partial charge in [0.15, 0.2) is 5.78 Å². The Labute approximate surface area is 110 Å². The minimum absolute atomic E-state index is 0.247. The first kappa shape index (κ1) is 13.1. The van der Waals surface area contributed by atoms with E-state index in [0.717, 1.165) is 24.3 Å². The molecule has 1 aliphatic heterocycles. The van der Waals surface area contributed by atoms with E-state index in [9.17, 15) is 4.79 Å². The van der Waals surface area contributed by atoms with Gasteiger partial charge >= 0.3 is 0 Å². The molecular weight excluding hydrogens is 222 g/mol. The lowest BCUT2D eigenvalue weighted by molar-refractivity contribution is 0.0988. The lowest BCUT2D eigenvalue weighted by Crippen LogP contribution is -2.39. The zero-order valence-electron chi connectivity index (χ0n) is 11.6. The predicted octanol–water partition coefficient (Wildman–Crippen LogP) is 3.76. The highest BCUT2D eigenvalue weighted by Gasteiger charge is 2.24. The van der Waals surface area contributed by atoms with E-state index in [1.54, 1.807) is 0 Å². The normalized spacial score (nSPS) is 24.1. The highest BCUT2D eigenvalue weighted by atomic mass is 16.1. The van der Waals surface area contributed by atoms with Crippen molar-refractivity contribution >= 4 is 11.5 Å². The van der Waals surface area contributed by atoms with Crippen molar-refractivity contribution in [2.24, 2.45) is 11.8 Å². The molecule has 0 aliphatic carbocycles. The first-order chi connectivity index (χ1) is 8.61. The van der Waals surface area contributed by atoms with Crippen LogP contribution in [0.2, 0.25) is 0 Å². The molecule has 0 amide bonds. The molecule has 0 spiro atoms. The molecular formula is C16H23NO. The second kappa shape index (κ2) is 5.55. The fourth-order valence-electron chi connectivity index (χ4n) is 3.04. The number of ketones is 1. The SMILES string of the molecule is CCC(=O)c1ccccc1N1CC(C)CC(C)C1. The van der Waals surface area contributed by atoms with Crippen LogP contribution in [0.1, 0.15) is 44.0 Å². The quantitative estimate of drug-likeness (QED) is 0.756. The van der Waals surface area contributed by atoms with E-state index in [1.807, 2.05) is 25.1 Å². The van der Waals surface area contributed by atoms with Gasteiger partial charge in [0.25, 0.3) is 0 Å². The largest absolute Gasteiger partial charge is 0.370 e. The van der Waals surface area contributed by atoms with Crippen molar-refractivity contribution in [2.75, 3.05) is 18.0 Å². The zero-order valence-corrected chi connectivity index (χ0v) is 11.6. The molecule has 0 aromatic heterocycles. The van der Waals surface area contributed by atoms with Crippen molar-refractivity contribution in [3.05, 3.63) is 29.8 Å². The lowest BCUT2D eigenvalue weighted by atomic mass is 9.91. The number of anilines is 1. The zero-order chi connectivity index (χ0) is 13.1. The van der Waals surface area contributed by atoms with Gasteiger partial charge in [0, 0.05) is 30.8 Å². The van der Waals surface area contributed by atoms with Gasteiger partial charge < -0.3 is 4.90 Å². The van der Waals surface area contributed by atoms with E-state index >= 15 is 0 Å². The average Bonchev–Trinajstić information content (AvgIpc) is 2.36. The van der Waals surface area contributed by atoms with Crippen LogP contribution >= 0.6 is 0 Å². The molecule has 1 aromatic carbocycles. The number of piperidine rings is 1. The monoisotopic (exact) mass is 245 g/mol. The standard InChI is InChI=1S/C16H23NO/c1-4-16(18)14-7-5-6-8-15(14)17-10-12(2)9-13(3)11-17/h5-8,12-13H,4,9-11H2,1-3H3. The summed E-state index contributed by atoms with van der Waals surface area (Å²) in [6, 6.07) is 8.05. The van der Waals surface area contributed by atoms with E-state index < -0.39 is 0 Å². The average molecular weight is 245 g/mol. The van der Waals surface area contributed by atoms with Gasteiger partial charge in [-0.3, -0.25) is 4.79 Å². The van der Waals surface area contributed by atoms with Crippen LogP contribution in [-0.2, 0) is 0 Å². The van der Waals surface area contributed by atoms with Gasteiger partial charge in [0.05, 0.1) is 0 Å². The number of carbonyl (C=O) groups is 1. The van der Waals surface area contributed by atoms with Gasteiger partial charge in [0.2, 0.25) is 0 Å². The van der Waals surface area contributed by atoms with E-state index in [4.69, 9.17) is 0 Å². The molecule has 2 unspecified atom stereocenters. The predicted molar refractivity (Wildman–Crippen MR) is 76.2 cm³/mol. The van der Waals surface area contributed by atoms with Crippen LogP contribution in [-0.4, -0.2) is 18.9 Å². The maximum Gasteiger partial charge on any atom is 0.164 e. The molecule has 98 valence electrons. The van der Waals surface area contributed by atoms with Crippen molar-refractivity contribution in [2.45, 2.75) is 33.6 Å². The minimum atomic E-state index is 0.247. The van der Waals surface area contributed by atoms with Crippen molar-refractivity contribution in [3.8, 4) is 0 Å². The summed E-state index contributed by atoms with van der Waals surface area (Å²) < 4.78 is 0. The molecule has 1 heterocycles. The Bertz CT molecular complexity index is 417. The Morgan fingerprint density at radius 3 is 2.44 bits per heavy atom. The number of nitrogens with zero attached hydrogens (tertiary/aromatic N) is 1. The third-order valence-corrected chi connectivity index (χ3v) is 3.74. The van der Waals surface area contributed by atoms with E-state index in [1.165, 1.54) is 6.42 Å². The summed E-state index contributed by atoms with van der Waals surface area (Å²) in [5.74, 6) is 1.66. The van der Waals surface area contributed by atoms with Gasteiger partial charge in [-0.25, -0.2) is 0 Å². The Balaban J connectivity index is 2.29. The smallest absolute Gasteiger partial charge is 0.164 e. The number of hydrogen-bond acceptors (Lipinski definition) is 2. The Morgan fingerprint density at radius 1 is 1.22 bits per heavy atom. The number of benzene rings is 1. The number of Topliss-reactive ketones (excluding diaryl/α,β-unsaturated/α-hetero) is 1. The van der Waals surface area contributed by atoms with Gasteiger partial charge in [-0.2, -0.15) is 0 Å². The molecule has 2 atom stereocenters. The van der Waals surface area contributed by atoms with Crippen LogP contribution in [0, 0.1) is 11.8 Å². The van der Waals surface area contributed by atoms with Crippen molar-refractivity contribution < 1.29 is 4.79 Å². The molecule has 0 bridgehead atoms. The molecule has 18 heavy (non-hydrogen) atoms. The molecule has 1 saturated heterocycles. The number of hydrogen-bond donors (Lipinski definition) is 0. The number of carbonyl (C=O) groups excluding carboxylic acids is 1. The van der Waals surface area contributed by atoms with Crippen molar-refractivity contribution in [3.63, 3.8) is 0 Å². The molecule has 0 radical (unpaired) electrons.